The first-order valence-corrected chi connectivity index (χ1v) is 11.3. The first-order valence-electron chi connectivity index (χ1n) is 10.1. The molecule has 4 rings (SSSR count). The van der Waals surface area contributed by atoms with Crippen LogP contribution in [0.15, 0.2) is 71.2 Å². The fourth-order valence-corrected chi connectivity index (χ4v) is 4.27. The number of amides is 2. The van der Waals surface area contributed by atoms with E-state index in [0.29, 0.717) is 26.4 Å². The Kier molecular flexibility index (Phi) is 6.41. The summed E-state index contributed by atoms with van der Waals surface area (Å²) in [4.78, 5) is 30.3. The highest BCUT2D eigenvalue weighted by Gasteiger charge is 2.48. The Morgan fingerprint density at radius 3 is 2.00 bits per heavy atom. The minimum atomic E-state index is -1.53. The summed E-state index contributed by atoms with van der Waals surface area (Å²) >= 11 is 10.1. The summed E-state index contributed by atoms with van der Waals surface area (Å²) in [6, 6.07) is 20.1. The maximum Gasteiger partial charge on any atom is 0.305 e. The summed E-state index contributed by atoms with van der Waals surface area (Å²) in [5.74, 6) is 8.32. The van der Waals surface area contributed by atoms with Gasteiger partial charge in [-0.3, -0.25) is 14.4 Å². The second-order valence-corrected chi connectivity index (χ2v) is 9.27. The van der Waals surface area contributed by atoms with Crippen LogP contribution in [0.5, 0.6) is 11.5 Å². The number of imide groups is 1. The monoisotopic (exact) mass is 545 g/mol. The lowest BCUT2D eigenvalue weighted by Crippen LogP contribution is -2.53. The van der Waals surface area contributed by atoms with Crippen LogP contribution < -0.4 is 21.2 Å². The van der Waals surface area contributed by atoms with E-state index in [1.165, 1.54) is 19.9 Å². The van der Waals surface area contributed by atoms with Crippen LogP contribution in [0.4, 0.5) is 0 Å². The average Bonchev–Trinajstić information content (AvgIpc) is 3.29. The van der Waals surface area contributed by atoms with Crippen LogP contribution in [0.1, 0.15) is 35.3 Å². The Morgan fingerprint density at radius 2 is 1.50 bits per heavy atom. The highest BCUT2D eigenvalue weighted by Crippen LogP contribution is 2.54. The Balaban J connectivity index is 1.80. The summed E-state index contributed by atoms with van der Waals surface area (Å²) in [7, 11) is 0. The third kappa shape index (κ3) is 3.95. The van der Waals surface area contributed by atoms with Crippen molar-refractivity contribution >= 4 is 39.3 Å². The van der Waals surface area contributed by atoms with Crippen LogP contribution in [-0.2, 0) is 15.4 Å². The van der Waals surface area contributed by atoms with Crippen LogP contribution in [0, 0.1) is 0 Å². The van der Waals surface area contributed by atoms with Crippen LogP contribution in [0.25, 0.3) is 0 Å². The van der Waals surface area contributed by atoms with Crippen LogP contribution in [-0.4, -0.2) is 22.4 Å². The molecule has 8 nitrogen and oxygen atoms in total. The molecule has 1 heterocycles. The molecule has 4 N–H and O–H groups in total. The fourth-order valence-electron chi connectivity index (χ4n) is 3.52. The van der Waals surface area contributed by atoms with Gasteiger partial charge in [-0.25, -0.2) is 16.7 Å². The van der Waals surface area contributed by atoms with Crippen molar-refractivity contribution in [3.8, 4) is 11.5 Å². The first kappa shape index (κ1) is 24.2. The number of carbonyl (C=O) groups excluding carboxylic acids is 2. The van der Waals surface area contributed by atoms with E-state index in [1.807, 2.05) is 60.7 Å². The molecule has 3 aromatic carbocycles. The predicted octanol–water partition coefficient (Wildman–Crippen LogP) is 4.29. The lowest BCUT2D eigenvalue weighted by atomic mass is 9.97. The van der Waals surface area contributed by atoms with Crippen molar-refractivity contribution in [3.05, 3.63) is 92.9 Å². The molecule has 0 aromatic heterocycles. The van der Waals surface area contributed by atoms with Crippen LogP contribution in [0.3, 0.4) is 0 Å². The molecule has 0 saturated carbocycles. The molecule has 3 aromatic rings. The second-order valence-electron chi connectivity index (χ2n) is 8.04. The van der Waals surface area contributed by atoms with E-state index < -0.39 is 23.2 Å². The van der Waals surface area contributed by atoms with E-state index in [9.17, 15) is 9.59 Å². The Labute approximate surface area is 209 Å². The molecule has 0 spiro atoms. The van der Waals surface area contributed by atoms with Gasteiger partial charge >= 0.3 is 5.79 Å². The van der Waals surface area contributed by atoms with Gasteiger partial charge in [0.25, 0.3) is 11.8 Å². The molecular formula is C24H21BrClN3O5. The lowest BCUT2D eigenvalue weighted by Gasteiger charge is -2.28. The molecule has 0 aliphatic carbocycles. The van der Waals surface area contributed by atoms with Crippen molar-refractivity contribution < 1.29 is 23.9 Å². The Morgan fingerprint density at radius 1 is 1.00 bits per heavy atom. The number of halogens is 2. The largest absolute Gasteiger partial charge is 0.439 e. The molecule has 0 atom stereocenters. The van der Waals surface area contributed by atoms with Crippen molar-refractivity contribution in [3.63, 3.8) is 0 Å². The number of hydrazine groups is 1. The Hall–Kier alpha value is -2.95. The number of hydrogen-bond donors (Lipinski definition) is 2. The number of nitrogens with zero attached hydrogens (tertiary/aromatic N) is 1. The zero-order valence-corrected chi connectivity index (χ0v) is 20.6. The van der Waals surface area contributed by atoms with E-state index in [-0.39, 0.29) is 16.3 Å². The molecule has 0 radical (unpaired) electrons. The summed E-state index contributed by atoms with van der Waals surface area (Å²) in [5.41, 5.74) is -0.173. The smallest absolute Gasteiger partial charge is 0.305 e. The number of fused-ring (bicyclic) bond motifs is 1. The van der Waals surface area contributed by atoms with Crippen molar-refractivity contribution in [1.82, 2.24) is 5.01 Å². The Bertz CT molecular complexity index is 1210. The van der Waals surface area contributed by atoms with E-state index in [2.05, 4.69) is 20.8 Å². The molecule has 10 heteroatoms. The summed E-state index contributed by atoms with van der Waals surface area (Å²) in [6.45, 7) is 2.77. The van der Waals surface area contributed by atoms with Gasteiger partial charge in [-0.1, -0.05) is 72.3 Å². The molecule has 0 bridgehead atoms. The highest BCUT2D eigenvalue weighted by atomic mass is 79.9. The van der Waals surface area contributed by atoms with Gasteiger partial charge in [0, 0.05) is 11.1 Å². The summed E-state index contributed by atoms with van der Waals surface area (Å²) < 4.78 is 13.1. The second kappa shape index (κ2) is 9.01. The van der Waals surface area contributed by atoms with Gasteiger partial charge in [0.1, 0.15) is 0 Å². The molecule has 1 aliphatic heterocycles. The molecule has 0 fully saturated rings. The van der Waals surface area contributed by atoms with Gasteiger partial charge in [0.2, 0.25) is 0 Å². The topological polar surface area (TPSA) is 117 Å². The standard InChI is InChI=1S/C24H21BrClN3O5/c1-23(2,34-28)22(31)29(27)21(30)16-13-17(25)19-20(18(16)26)33-24(32-19,14-9-5-3-6-10-14)15-11-7-4-8-12-15/h3-13H,27-28H2,1-2H3. The maximum absolute atomic E-state index is 13.1. The highest BCUT2D eigenvalue weighted by molar-refractivity contribution is 9.10. The minimum absolute atomic E-state index is 0.0633. The van der Waals surface area contributed by atoms with Crippen LogP contribution in [0.2, 0.25) is 5.02 Å². The molecule has 0 saturated heterocycles. The van der Waals surface area contributed by atoms with E-state index in [0.717, 1.165) is 0 Å². The third-order valence-electron chi connectivity index (χ3n) is 5.41. The van der Waals surface area contributed by atoms with Crippen molar-refractivity contribution in [1.29, 1.82) is 0 Å². The molecule has 1 aliphatic rings. The van der Waals surface area contributed by atoms with Gasteiger partial charge in [-0.15, -0.1) is 0 Å². The summed E-state index contributed by atoms with van der Waals surface area (Å²) in [6.07, 6.45) is 0. The maximum atomic E-state index is 13.1. The van der Waals surface area contributed by atoms with Gasteiger partial charge in [-0.2, -0.15) is 0 Å². The zero-order valence-electron chi connectivity index (χ0n) is 18.2. The SMILES string of the molecule is CC(C)(ON)C(=O)N(N)C(=O)c1cc(Br)c2c(c1Cl)OC(c1ccccc1)(c1ccccc1)O2. The lowest BCUT2D eigenvalue weighted by molar-refractivity contribution is -0.152. The number of benzene rings is 3. The number of carbonyl (C=O) groups is 2. The quantitative estimate of drug-likeness (QED) is 0.279. The molecule has 34 heavy (non-hydrogen) atoms. The van der Waals surface area contributed by atoms with Crippen LogP contribution >= 0.6 is 27.5 Å². The van der Waals surface area contributed by atoms with E-state index in [1.54, 1.807) is 0 Å². The van der Waals surface area contributed by atoms with Crippen molar-refractivity contribution in [2.45, 2.75) is 25.2 Å². The average molecular weight is 547 g/mol. The van der Waals surface area contributed by atoms with Gasteiger partial charge in [-0.05, 0) is 35.8 Å². The molecule has 0 unspecified atom stereocenters. The van der Waals surface area contributed by atoms with Crippen molar-refractivity contribution in [2.24, 2.45) is 11.7 Å². The van der Waals surface area contributed by atoms with Crippen molar-refractivity contribution in [2.75, 3.05) is 0 Å². The third-order valence-corrected chi connectivity index (χ3v) is 6.37. The van der Waals surface area contributed by atoms with Gasteiger partial charge < -0.3 is 9.47 Å². The molecular weight excluding hydrogens is 526 g/mol. The predicted molar refractivity (Wildman–Crippen MR) is 129 cm³/mol. The van der Waals surface area contributed by atoms with E-state index >= 15 is 0 Å². The number of nitrogens with two attached hydrogens (primary N) is 2. The van der Waals surface area contributed by atoms with Gasteiger partial charge in [0.05, 0.1) is 15.1 Å². The van der Waals surface area contributed by atoms with E-state index in [4.69, 9.17) is 32.8 Å². The number of ether oxygens (including phenoxy) is 2. The minimum Gasteiger partial charge on any atom is -0.439 e. The summed E-state index contributed by atoms with van der Waals surface area (Å²) in [5, 5.41) is 0.344. The molecule has 176 valence electrons. The fraction of sp³-hybridized carbons (Fsp3) is 0.167. The number of hydrogen-bond acceptors (Lipinski definition) is 7. The molecule has 2 amide bonds. The number of rotatable bonds is 5. The van der Waals surface area contributed by atoms with Gasteiger partial charge in [0.15, 0.2) is 17.1 Å². The normalized spacial score (nSPS) is 14.1. The zero-order chi connectivity index (χ0) is 24.7. The first-order chi connectivity index (χ1) is 16.1.